The number of anilines is 1. The molecule has 0 saturated carbocycles. The lowest BCUT2D eigenvalue weighted by molar-refractivity contribution is 0.441. The molecule has 20 heavy (non-hydrogen) atoms. The molecule has 108 valence electrons. The highest BCUT2D eigenvalue weighted by Gasteiger charge is 2.22. The van der Waals surface area contributed by atoms with Gasteiger partial charge in [-0.05, 0) is 44.2 Å². The van der Waals surface area contributed by atoms with Gasteiger partial charge in [-0.3, -0.25) is 0 Å². The number of furan rings is 1. The predicted molar refractivity (Wildman–Crippen MR) is 80.7 cm³/mol. The summed E-state index contributed by atoms with van der Waals surface area (Å²) >= 11 is 3.24. The van der Waals surface area contributed by atoms with Crippen molar-refractivity contribution in [3.63, 3.8) is 0 Å². The Morgan fingerprint density at radius 3 is 2.60 bits per heavy atom. The monoisotopic (exact) mass is 358 g/mol. The van der Waals surface area contributed by atoms with Crippen LogP contribution in [0.25, 0.3) is 0 Å². The van der Waals surface area contributed by atoms with Gasteiger partial charge in [0.15, 0.2) is 0 Å². The van der Waals surface area contributed by atoms with Gasteiger partial charge in [-0.15, -0.1) is 0 Å². The van der Waals surface area contributed by atoms with Gasteiger partial charge in [0, 0.05) is 4.47 Å². The van der Waals surface area contributed by atoms with Crippen molar-refractivity contribution in [3.8, 4) is 0 Å². The summed E-state index contributed by atoms with van der Waals surface area (Å²) in [6.45, 7) is 3.51. The van der Waals surface area contributed by atoms with Gasteiger partial charge in [-0.2, -0.15) is 0 Å². The first-order valence-corrected chi connectivity index (χ1v) is 8.21. The predicted octanol–water partition coefficient (Wildman–Crippen LogP) is 2.97. The minimum atomic E-state index is -3.72. The van der Waals surface area contributed by atoms with Crippen LogP contribution in [0.4, 0.5) is 5.69 Å². The highest BCUT2D eigenvalue weighted by Crippen LogP contribution is 2.25. The molecule has 0 saturated heterocycles. The highest BCUT2D eigenvalue weighted by atomic mass is 79.9. The number of rotatable bonds is 4. The van der Waals surface area contributed by atoms with Crippen LogP contribution in [0.5, 0.6) is 0 Å². The van der Waals surface area contributed by atoms with Crippen molar-refractivity contribution < 1.29 is 12.8 Å². The molecule has 1 aromatic carbocycles. The number of sulfonamides is 1. The van der Waals surface area contributed by atoms with Crippen LogP contribution in [-0.4, -0.2) is 8.42 Å². The second-order valence-corrected chi connectivity index (χ2v) is 7.07. The van der Waals surface area contributed by atoms with Crippen molar-refractivity contribution in [2.24, 2.45) is 0 Å². The Balaban J connectivity index is 2.29. The molecule has 1 aromatic heterocycles. The average Bonchev–Trinajstić information content (AvgIpc) is 2.78. The summed E-state index contributed by atoms with van der Waals surface area (Å²) in [5, 5.41) is 0. The lowest BCUT2D eigenvalue weighted by Gasteiger charge is -2.13. The molecule has 0 aliphatic carbocycles. The minimum Gasteiger partial charge on any atom is -0.465 e. The molecule has 1 atom stereocenters. The number of nitrogen functional groups attached to an aromatic ring is 1. The van der Waals surface area contributed by atoms with Crippen LogP contribution >= 0.6 is 15.9 Å². The second-order valence-electron chi connectivity index (χ2n) is 4.47. The van der Waals surface area contributed by atoms with Crippen LogP contribution in [0.3, 0.4) is 0 Å². The van der Waals surface area contributed by atoms with E-state index < -0.39 is 16.1 Å². The molecule has 0 radical (unpaired) electrons. The molecule has 1 heterocycles. The molecule has 2 rings (SSSR count). The van der Waals surface area contributed by atoms with Crippen LogP contribution in [0.15, 0.2) is 44.1 Å². The minimum absolute atomic E-state index is 0.0435. The standard InChI is InChI=1S/C13H15BrN2O3S/c1-8-3-6-12(19-8)9(2)16-20(17,18)13-7-10(14)4-5-11(13)15/h3-7,9,16H,15H2,1-2H3. The van der Waals surface area contributed by atoms with Gasteiger partial charge < -0.3 is 10.2 Å². The lowest BCUT2D eigenvalue weighted by atomic mass is 10.3. The van der Waals surface area contributed by atoms with Crippen LogP contribution in [0.1, 0.15) is 24.5 Å². The van der Waals surface area contributed by atoms with Crippen LogP contribution in [-0.2, 0) is 10.0 Å². The zero-order valence-electron chi connectivity index (χ0n) is 11.1. The summed E-state index contributed by atoms with van der Waals surface area (Å²) in [6, 6.07) is 7.75. The maximum absolute atomic E-state index is 12.3. The maximum Gasteiger partial charge on any atom is 0.243 e. The summed E-state index contributed by atoms with van der Waals surface area (Å²) in [4.78, 5) is 0.0435. The quantitative estimate of drug-likeness (QED) is 0.822. The Morgan fingerprint density at radius 1 is 1.30 bits per heavy atom. The molecule has 0 bridgehead atoms. The fourth-order valence-corrected chi connectivity index (χ4v) is 3.66. The van der Waals surface area contributed by atoms with E-state index in [9.17, 15) is 8.42 Å². The van der Waals surface area contributed by atoms with Crippen LogP contribution in [0, 0.1) is 6.92 Å². The smallest absolute Gasteiger partial charge is 0.243 e. The van der Waals surface area contributed by atoms with Crippen molar-refractivity contribution in [2.75, 3.05) is 5.73 Å². The normalized spacial score (nSPS) is 13.3. The van der Waals surface area contributed by atoms with E-state index >= 15 is 0 Å². The zero-order chi connectivity index (χ0) is 14.9. The first-order chi connectivity index (χ1) is 9.29. The third-order valence-corrected chi connectivity index (χ3v) is 4.87. The van der Waals surface area contributed by atoms with Crippen molar-refractivity contribution in [3.05, 3.63) is 46.3 Å². The molecule has 0 aliphatic rings. The molecule has 0 amide bonds. The first-order valence-electron chi connectivity index (χ1n) is 5.93. The molecule has 2 aromatic rings. The van der Waals surface area contributed by atoms with E-state index in [1.807, 2.05) is 0 Å². The van der Waals surface area contributed by atoms with Crippen molar-refractivity contribution in [1.82, 2.24) is 4.72 Å². The fraction of sp³-hybridized carbons (Fsp3) is 0.231. The lowest BCUT2D eigenvalue weighted by Crippen LogP contribution is -2.27. The zero-order valence-corrected chi connectivity index (χ0v) is 13.5. The van der Waals surface area contributed by atoms with Gasteiger partial charge in [0.2, 0.25) is 10.0 Å². The largest absolute Gasteiger partial charge is 0.465 e. The first kappa shape index (κ1) is 15.1. The summed E-state index contributed by atoms with van der Waals surface area (Å²) in [5.41, 5.74) is 5.93. The maximum atomic E-state index is 12.3. The van der Waals surface area contributed by atoms with Gasteiger partial charge in [-0.25, -0.2) is 13.1 Å². The molecule has 0 spiro atoms. The second kappa shape index (κ2) is 5.59. The number of hydrogen-bond acceptors (Lipinski definition) is 4. The number of nitrogens with one attached hydrogen (secondary N) is 1. The molecule has 1 unspecified atom stereocenters. The molecular weight excluding hydrogens is 344 g/mol. The molecule has 0 fully saturated rings. The average molecular weight is 359 g/mol. The number of hydrogen-bond donors (Lipinski definition) is 2. The Kier molecular flexibility index (Phi) is 4.22. The molecule has 0 aliphatic heterocycles. The molecule has 3 N–H and O–H groups in total. The van der Waals surface area contributed by atoms with Crippen molar-refractivity contribution >= 4 is 31.6 Å². The van der Waals surface area contributed by atoms with E-state index in [0.29, 0.717) is 10.2 Å². The number of aryl methyl sites for hydroxylation is 1. The Labute approximate surface area is 126 Å². The van der Waals surface area contributed by atoms with Gasteiger partial charge in [0.25, 0.3) is 0 Å². The van der Waals surface area contributed by atoms with E-state index in [4.69, 9.17) is 10.2 Å². The SMILES string of the molecule is Cc1ccc(C(C)NS(=O)(=O)c2cc(Br)ccc2N)o1. The Bertz CT molecular complexity index is 725. The Morgan fingerprint density at radius 2 is 2.00 bits per heavy atom. The van der Waals surface area contributed by atoms with E-state index in [0.717, 1.165) is 5.76 Å². The number of nitrogens with two attached hydrogens (primary N) is 1. The Hall–Kier alpha value is -1.31. The third-order valence-electron chi connectivity index (χ3n) is 2.78. The fourth-order valence-electron chi connectivity index (χ4n) is 1.78. The number of benzene rings is 1. The summed E-state index contributed by atoms with van der Waals surface area (Å²) in [7, 11) is -3.72. The van der Waals surface area contributed by atoms with E-state index in [1.54, 1.807) is 38.1 Å². The van der Waals surface area contributed by atoms with Crippen molar-refractivity contribution in [1.29, 1.82) is 0 Å². The topological polar surface area (TPSA) is 85.3 Å². The van der Waals surface area contributed by atoms with E-state index in [-0.39, 0.29) is 10.6 Å². The van der Waals surface area contributed by atoms with Gasteiger partial charge >= 0.3 is 0 Å². The summed E-state index contributed by atoms with van der Waals surface area (Å²) < 4.78 is 33.3. The molecule has 7 heteroatoms. The van der Waals surface area contributed by atoms with E-state index in [2.05, 4.69) is 20.7 Å². The summed E-state index contributed by atoms with van der Waals surface area (Å²) in [5.74, 6) is 1.28. The molecular formula is C13H15BrN2O3S. The van der Waals surface area contributed by atoms with Crippen LogP contribution in [0.2, 0.25) is 0 Å². The van der Waals surface area contributed by atoms with Gasteiger partial charge in [0.1, 0.15) is 16.4 Å². The number of halogens is 1. The summed E-state index contributed by atoms with van der Waals surface area (Å²) in [6.07, 6.45) is 0. The van der Waals surface area contributed by atoms with Crippen molar-refractivity contribution in [2.45, 2.75) is 24.8 Å². The molecule has 5 nitrogen and oxygen atoms in total. The van der Waals surface area contributed by atoms with Crippen LogP contribution < -0.4 is 10.5 Å². The highest BCUT2D eigenvalue weighted by molar-refractivity contribution is 9.10. The van der Waals surface area contributed by atoms with Gasteiger partial charge in [0.05, 0.1) is 11.7 Å². The van der Waals surface area contributed by atoms with Gasteiger partial charge in [-0.1, -0.05) is 15.9 Å². The van der Waals surface area contributed by atoms with E-state index in [1.165, 1.54) is 6.07 Å². The third kappa shape index (κ3) is 3.23.